The van der Waals surface area contributed by atoms with Gasteiger partial charge >= 0.3 is 5.97 Å². The zero-order valence-electron chi connectivity index (χ0n) is 43.0. The quantitative estimate of drug-likeness (QED) is 0.143. The molecule has 0 saturated carbocycles. The van der Waals surface area contributed by atoms with Gasteiger partial charge in [-0.15, -0.1) is 15.3 Å². The highest BCUT2D eigenvalue weighted by molar-refractivity contribution is 5.73. The summed E-state index contributed by atoms with van der Waals surface area (Å²) in [5.41, 5.74) is -1.78. The summed E-state index contributed by atoms with van der Waals surface area (Å²) in [6, 6.07) is 6.88. The Morgan fingerprint density at radius 2 is 1.67 bits per heavy atom. The number of carbonyl (C=O) groups is 1. The molecule has 2 aromatic heterocycles. The molecule has 3 saturated heterocycles. The van der Waals surface area contributed by atoms with Crippen LogP contribution in [-0.4, -0.2) is 195 Å². The fourth-order valence-corrected chi connectivity index (χ4v) is 11.4. The molecule has 3 fully saturated rings. The number of benzene rings is 1. The van der Waals surface area contributed by atoms with E-state index in [4.69, 9.17) is 23.7 Å². The second-order valence-electron chi connectivity index (χ2n) is 21.4. The number of aliphatic hydroxyl groups excluding tert-OH is 3. The van der Waals surface area contributed by atoms with Crippen LogP contribution in [0.2, 0.25) is 0 Å². The van der Waals surface area contributed by atoms with Gasteiger partial charge in [-0.2, -0.15) is 5.21 Å². The molecule has 6 rings (SSSR count). The lowest BCUT2D eigenvalue weighted by Crippen LogP contribution is -2.62. The molecule has 69 heavy (non-hydrogen) atoms. The molecule has 20 heteroatoms. The van der Waals surface area contributed by atoms with Gasteiger partial charge in [0.1, 0.15) is 30.0 Å². The molecule has 3 aliphatic rings. The highest BCUT2D eigenvalue weighted by Crippen LogP contribution is 2.45. The van der Waals surface area contributed by atoms with Crippen molar-refractivity contribution >= 4 is 5.97 Å². The topological polar surface area (TPSA) is 256 Å². The molecule has 388 valence electrons. The third-order valence-corrected chi connectivity index (χ3v) is 15.7. The smallest absolute Gasteiger partial charge is 0.309 e. The first kappa shape index (κ1) is 54.8. The van der Waals surface area contributed by atoms with Crippen LogP contribution < -0.4 is 0 Å². The van der Waals surface area contributed by atoms with Gasteiger partial charge in [-0.1, -0.05) is 57.2 Å². The van der Waals surface area contributed by atoms with E-state index in [2.05, 4.69) is 35.8 Å². The Labute approximate surface area is 407 Å². The number of likely N-dealkylation sites (N-methyl/N-ethyl adjacent to an activating group) is 2. The van der Waals surface area contributed by atoms with Gasteiger partial charge in [0, 0.05) is 62.8 Å². The van der Waals surface area contributed by atoms with E-state index in [0.717, 1.165) is 16.8 Å². The van der Waals surface area contributed by atoms with Crippen LogP contribution in [0.5, 0.6) is 0 Å². The van der Waals surface area contributed by atoms with Gasteiger partial charge in [-0.25, -0.2) is 4.68 Å². The second-order valence-corrected chi connectivity index (χ2v) is 21.4. The van der Waals surface area contributed by atoms with Crippen molar-refractivity contribution in [2.45, 2.75) is 192 Å². The molecule has 0 bridgehead atoms. The summed E-state index contributed by atoms with van der Waals surface area (Å²) >= 11 is 0. The maximum absolute atomic E-state index is 14.6. The lowest BCUT2D eigenvalue weighted by molar-refractivity contribution is -0.302. The summed E-state index contributed by atoms with van der Waals surface area (Å²) in [7, 11) is 5.34. The van der Waals surface area contributed by atoms with Gasteiger partial charge in [0.05, 0.1) is 53.8 Å². The van der Waals surface area contributed by atoms with E-state index < -0.39 is 102 Å². The summed E-state index contributed by atoms with van der Waals surface area (Å²) in [6.45, 7) is 19.5. The Bertz CT molecular complexity index is 2080. The molecular weight excluding hydrogens is 891 g/mol. The Balaban J connectivity index is 1.27. The van der Waals surface area contributed by atoms with Crippen molar-refractivity contribution in [2.24, 2.45) is 23.7 Å². The van der Waals surface area contributed by atoms with E-state index in [9.17, 15) is 30.3 Å². The molecule has 18 atom stereocenters. The number of H-pyrrole nitrogens is 1. The van der Waals surface area contributed by atoms with Crippen molar-refractivity contribution in [3.05, 3.63) is 41.7 Å². The normalized spacial score (nSPS) is 40.3. The molecule has 0 amide bonds. The van der Waals surface area contributed by atoms with E-state index in [0.29, 0.717) is 38.3 Å². The number of hydrogen-bond acceptors (Lipinski definition) is 18. The summed E-state index contributed by atoms with van der Waals surface area (Å²) in [4.78, 5) is 18.6. The molecule has 0 aliphatic carbocycles. The minimum absolute atomic E-state index is 0.169. The number of esters is 1. The summed E-state index contributed by atoms with van der Waals surface area (Å²) in [5.74, 6) is -2.60. The second kappa shape index (κ2) is 22.5. The van der Waals surface area contributed by atoms with E-state index in [1.165, 1.54) is 14.0 Å². The number of aliphatic hydroxyl groups is 5. The number of tetrazole rings is 1. The number of carbonyl (C=O) groups excluding carboxylic acids is 1. The van der Waals surface area contributed by atoms with Crippen molar-refractivity contribution in [1.82, 2.24) is 45.4 Å². The summed E-state index contributed by atoms with van der Waals surface area (Å²) in [5, 5.41) is 83.0. The number of methoxy groups -OCH3 is 1. The largest absolute Gasteiger partial charge is 0.459 e. The first-order valence-corrected chi connectivity index (χ1v) is 24.7. The molecule has 0 radical (unpaired) electrons. The van der Waals surface area contributed by atoms with Crippen molar-refractivity contribution < 1.29 is 54.0 Å². The van der Waals surface area contributed by atoms with Crippen LogP contribution in [0.3, 0.4) is 0 Å². The first-order chi connectivity index (χ1) is 32.4. The number of hydrogen-bond donors (Lipinski definition) is 6. The highest BCUT2D eigenvalue weighted by atomic mass is 16.7. The highest BCUT2D eigenvalue weighted by Gasteiger charge is 2.55. The molecule has 1 unspecified atom stereocenters. The summed E-state index contributed by atoms with van der Waals surface area (Å²) < 4.78 is 34.0. The molecule has 20 nitrogen and oxygen atoms in total. The maximum Gasteiger partial charge on any atom is 0.309 e. The van der Waals surface area contributed by atoms with Gasteiger partial charge in [0.15, 0.2) is 6.29 Å². The van der Waals surface area contributed by atoms with Gasteiger partial charge in [0.25, 0.3) is 0 Å². The Kier molecular flexibility index (Phi) is 17.8. The Morgan fingerprint density at radius 1 is 0.971 bits per heavy atom. The minimum Gasteiger partial charge on any atom is -0.459 e. The number of nitrogens with zero attached hydrogens (tertiary/aromatic N) is 8. The fourth-order valence-electron chi connectivity index (χ4n) is 11.4. The Hall–Kier alpha value is -3.54. The predicted octanol–water partition coefficient (Wildman–Crippen LogP) is 2.61. The molecule has 5 heterocycles. The maximum atomic E-state index is 14.6. The third kappa shape index (κ3) is 12.4. The predicted molar refractivity (Wildman–Crippen MR) is 254 cm³/mol. The SMILES string of the molecule is CC[C@H]1OC(=O)[C@H](C)[C@@H](C2C[C@@](C)(OC)[C@@H](O)[C@H](C)O2)[C@H](C)[C@@H](O[C@@H]2O[C@H](C)C[C@H](N(C)CCc3cn(Cc4ccc(-c5nn[nH]n5)cc4)nn3)[C@H]2O)[C@](C)(O)C[C@@H](C)CN(C)[C@H](C)[C@@H](O)[C@]1(C)O. The van der Waals surface area contributed by atoms with Gasteiger partial charge in [-0.3, -0.25) is 4.79 Å². The fraction of sp³-hybridized carbons (Fsp3) is 0.796. The number of aromatic amines is 1. The number of ether oxygens (including phenoxy) is 5. The van der Waals surface area contributed by atoms with Gasteiger partial charge in [0.2, 0.25) is 5.82 Å². The van der Waals surface area contributed by atoms with Crippen LogP contribution >= 0.6 is 0 Å². The molecule has 1 aromatic carbocycles. The van der Waals surface area contributed by atoms with E-state index in [-0.39, 0.29) is 31.3 Å². The number of rotatable bonds is 12. The van der Waals surface area contributed by atoms with Crippen molar-refractivity contribution in [2.75, 3.05) is 34.3 Å². The van der Waals surface area contributed by atoms with Crippen molar-refractivity contribution in [3.8, 4) is 11.4 Å². The zero-order chi connectivity index (χ0) is 50.7. The standard InChI is InChI=1S/C49H81N9O11/c1-14-38-49(10,64)41(60)31(6)57(12)24-27(2)22-47(8,63)43(29(4)39(30(5)45(62)68-38)37-23-48(9,65-13)42(61)32(7)67-37)69-46-40(59)36(21-28(3)66-46)56(11)20-19-35-26-58(55-50-35)25-33-15-17-34(18-16-33)44-51-53-54-52-44/h15-18,26-32,36-43,46,59-61,63-64H,14,19-25H2,1-13H3,(H,51,52,53,54)/t27-,28-,29+,30-,31-,32+,36+,37?,38-,39+,40-,41-,42+,43-,46+,47-,48-,49-/m1/s1. The van der Waals surface area contributed by atoms with Crippen LogP contribution in [0.15, 0.2) is 30.5 Å². The van der Waals surface area contributed by atoms with Gasteiger partial charge in [-0.05, 0) is 97.5 Å². The molecular formula is C49H81N9O11. The molecule has 0 spiro atoms. The van der Waals surface area contributed by atoms with Crippen LogP contribution in [0.25, 0.3) is 11.4 Å². The molecule has 6 N–H and O–H groups in total. The van der Waals surface area contributed by atoms with Gasteiger partial charge < -0.3 is 59.0 Å². The van der Waals surface area contributed by atoms with Crippen LogP contribution in [0.4, 0.5) is 0 Å². The number of aromatic nitrogens is 7. The van der Waals surface area contributed by atoms with Crippen molar-refractivity contribution in [3.63, 3.8) is 0 Å². The number of cyclic esters (lactones) is 1. The zero-order valence-corrected chi connectivity index (χ0v) is 43.0. The lowest BCUT2D eigenvalue weighted by atomic mass is 9.68. The number of nitrogens with one attached hydrogen (secondary N) is 1. The van der Waals surface area contributed by atoms with E-state index in [1.807, 2.05) is 84.1 Å². The monoisotopic (exact) mass is 972 g/mol. The lowest BCUT2D eigenvalue weighted by Gasteiger charge is -2.51. The molecule has 3 aliphatic heterocycles. The van der Waals surface area contributed by atoms with E-state index in [1.54, 1.807) is 32.4 Å². The first-order valence-electron chi connectivity index (χ1n) is 24.7. The van der Waals surface area contributed by atoms with E-state index >= 15 is 0 Å². The van der Waals surface area contributed by atoms with Crippen LogP contribution in [-0.2, 0) is 41.4 Å². The average Bonchev–Trinajstić information content (AvgIpc) is 4.01. The van der Waals surface area contributed by atoms with Crippen LogP contribution in [0, 0.1) is 23.7 Å². The average molecular weight is 972 g/mol. The summed E-state index contributed by atoms with van der Waals surface area (Å²) in [6.07, 6.45) is -4.82. The van der Waals surface area contributed by atoms with Crippen molar-refractivity contribution in [1.29, 1.82) is 0 Å². The Morgan fingerprint density at radius 3 is 2.30 bits per heavy atom. The third-order valence-electron chi connectivity index (χ3n) is 15.7. The van der Waals surface area contributed by atoms with Crippen LogP contribution in [0.1, 0.15) is 106 Å². The molecule has 3 aromatic rings. The minimum atomic E-state index is -1.81.